The molecule has 0 saturated heterocycles. The molecule has 0 aromatic carbocycles. The SMILES string of the molecule is N#CCC(=O)N/N=C(/N)CSc1ncc(C(F)(F)F)cc1Cl. The third kappa shape index (κ3) is 5.79. The summed E-state index contributed by atoms with van der Waals surface area (Å²) in [5, 5.41) is 11.8. The van der Waals surface area contributed by atoms with E-state index in [1.54, 1.807) is 6.07 Å². The standard InChI is InChI=1S/C11H9ClF3N5OS/c12-7-3-6(11(13,14)15)4-18-10(7)22-5-8(17)19-20-9(21)1-2-16/h3-4H,1,5H2,(H2,17,19)(H,20,21). The summed E-state index contributed by atoms with van der Waals surface area (Å²) in [6.45, 7) is 0. The van der Waals surface area contributed by atoms with E-state index in [0.717, 1.165) is 17.8 Å². The van der Waals surface area contributed by atoms with Gasteiger partial charge in [-0.15, -0.1) is 0 Å². The summed E-state index contributed by atoms with van der Waals surface area (Å²) in [6.07, 6.45) is -4.22. The summed E-state index contributed by atoms with van der Waals surface area (Å²) in [5.74, 6) is -0.583. The zero-order valence-corrected chi connectivity index (χ0v) is 12.4. The normalized spacial score (nSPS) is 11.9. The first kappa shape index (κ1) is 18.1. The van der Waals surface area contributed by atoms with Gasteiger partial charge in [0.1, 0.15) is 17.3 Å². The number of nitriles is 1. The molecule has 0 atom stereocenters. The lowest BCUT2D eigenvalue weighted by Gasteiger charge is -2.08. The molecule has 0 radical (unpaired) electrons. The molecule has 0 aliphatic heterocycles. The van der Waals surface area contributed by atoms with Crippen molar-refractivity contribution in [2.45, 2.75) is 17.6 Å². The molecule has 0 aliphatic rings. The van der Waals surface area contributed by atoms with E-state index in [9.17, 15) is 18.0 Å². The fourth-order valence-electron chi connectivity index (χ4n) is 1.11. The number of nitrogens with one attached hydrogen (secondary N) is 1. The van der Waals surface area contributed by atoms with Crippen molar-refractivity contribution in [3.63, 3.8) is 0 Å². The second kappa shape index (κ2) is 7.86. The van der Waals surface area contributed by atoms with Gasteiger partial charge >= 0.3 is 6.18 Å². The van der Waals surface area contributed by atoms with Crippen molar-refractivity contribution in [2.75, 3.05) is 5.75 Å². The lowest BCUT2D eigenvalue weighted by molar-refractivity contribution is -0.137. The predicted octanol–water partition coefficient (Wildman–Crippen LogP) is 2.15. The molecule has 22 heavy (non-hydrogen) atoms. The zero-order valence-electron chi connectivity index (χ0n) is 10.8. The Morgan fingerprint density at radius 3 is 2.82 bits per heavy atom. The minimum absolute atomic E-state index is 0.00551. The van der Waals surface area contributed by atoms with Gasteiger partial charge in [-0.2, -0.15) is 23.5 Å². The molecule has 1 heterocycles. The number of thioether (sulfide) groups is 1. The zero-order chi connectivity index (χ0) is 16.8. The van der Waals surface area contributed by atoms with Gasteiger partial charge in [0.25, 0.3) is 5.91 Å². The van der Waals surface area contributed by atoms with E-state index in [4.69, 9.17) is 22.6 Å². The van der Waals surface area contributed by atoms with E-state index < -0.39 is 17.6 Å². The monoisotopic (exact) mass is 351 g/mol. The van der Waals surface area contributed by atoms with Crippen LogP contribution in [-0.4, -0.2) is 22.5 Å². The Balaban J connectivity index is 2.63. The van der Waals surface area contributed by atoms with Crippen LogP contribution >= 0.6 is 23.4 Å². The van der Waals surface area contributed by atoms with Crippen LogP contribution in [0.2, 0.25) is 5.02 Å². The van der Waals surface area contributed by atoms with E-state index in [-0.39, 0.29) is 28.1 Å². The highest BCUT2D eigenvalue weighted by Crippen LogP contribution is 2.33. The molecule has 0 unspecified atom stereocenters. The molecule has 3 N–H and O–H groups in total. The number of amidine groups is 1. The molecule has 11 heteroatoms. The van der Waals surface area contributed by atoms with Crippen LogP contribution in [0.3, 0.4) is 0 Å². The average Bonchev–Trinajstić information content (AvgIpc) is 2.43. The minimum atomic E-state index is -4.52. The van der Waals surface area contributed by atoms with Gasteiger partial charge in [-0.05, 0) is 6.07 Å². The number of aromatic nitrogens is 1. The summed E-state index contributed by atoms with van der Waals surface area (Å²) in [5.41, 5.74) is 6.59. The fraction of sp³-hybridized carbons (Fsp3) is 0.273. The number of nitrogens with two attached hydrogens (primary N) is 1. The number of hydrogen-bond donors (Lipinski definition) is 2. The first-order chi connectivity index (χ1) is 10.2. The number of pyridine rings is 1. The first-order valence-corrected chi connectivity index (χ1v) is 6.93. The number of alkyl halides is 3. The fourth-order valence-corrected chi connectivity index (χ4v) is 2.11. The second-order valence-electron chi connectivity index (χ2n) is 3.77. The molecule has 0 bridgehead atoms. The van der Waals surface area contributed by atoms with Gasteiger partial charge in [-0.1, -0.05) is 23.4 Å². The summed E-state index contributed by atoms with van der Waals surface area (Å²) in [6, 6.07) is 2.39. The highest BCUT2D eigenvalue weighted by atomic mass is 35.5. The van der Waals surface area contributed by atoms with Crippen LogP contribution in [0.5, 0.6) is 0 Å². The Morgan fingerprint density at radius 2 is 2.27 bits per heavy atom. The van der Waals surface area contributed by atoms with E-state index in [1.807, 2.05) is 5.43 Å². The number of halogens is 4. The van der Waals surface area contributed by atoms with Gasteiger partial charge < -0.3 is 5.73 Å². The largest absolute Gasteiger partial charge is 0.417 e. The maximum atomic E-state index is 12.4. The molecule has 0 spiro atoms. The molecule has 0 saturated carbocycles. The van der Waals surface area contributed by atoms with E-state index in [2.05, 4.69) is 10.1 Å². The van der Waals surface area contributed by atoms with E-state index >= 15 is 0 Å². The second-order valence-corrected chi connectivity index (χ2v) is 5.14. The molecule has 1 rings (SSSR count). The number of rotatable bonds is 5. The maximum Gasteiger partial charge on any atom is 0.417 e. The number of carbonyl (C=O) groups excluding carboxylic acids is 1. The van der Waals surface area contributed by atoms with Crippen LogP contribution < -0.4 is 11.2 Å². The van der Waals surface area contributed by atoms with Crippen molar-refractivity contribution < 1.29 is 18.0 Å². The van der Waals surface area contributed by atoms with Crippen LogP contribution in [-0.2, 0) is 11.0 Å². The van der Waals surface area contributed by atoms with Gasteiger partial charge in [0.05, 0.1) is 22.4 Å². The Hall–Kier alpha value is -1.99. The molecular formula is C11H9ClF3N5OS. The smallest absolute Gasteiger partial charge is 0.385 e. The number of hydrogen-bond acceptors (Lipinski definition) is 5. The molecule has 1 amide bonds. The third-order valence-electron chi connectivity index (χ3n) is 2.06. The number of carbonyl (C=O) groups is 1. The number of nitrogens with zero attached hydrogens (tertiary/aromatic N) is 3. The first-order valence-electron chi connectivity index (χ1n) is 5.57. The molecule has 6 nitrogen and oxygen atoms in total. The van der Waals surface area contributed by atoms with E-state index in [1.165, 1.54) is 0 Å². The third-order valence-corrected chi connectivity index (χ3v) is 3.49. The van der Waals surface area contributed by atoms with Crippen LogP contribution in [0, 0.1) is 11.3 Å². The van der Waals surface area contributed by atoms with Gasteiger partial charge in [0.2, 0.25) is 0 Å². The van der Waals surface area contributed by atoms with Crippen LogP contribution in [0.4, 0.5) is 13.2 Å². The maximum absolute atomic E-state index is 12.4. The summed E-state index contributed by atoms with van der Waals surface area (Å²) < 4.78 is 37.3. The van der Waals surface area contributed by atoms with Crippen molar-refractivity contribution in [1.82, 2.24) is 10.4 Å². The van der Waals surface area contributed by atoms with Gasteiger partial charge in [0.15, 0.2) is 0 Å². The highest BCUT2D eigenvalue weighted by Gasteiger charge is 2.31. The van der Waals surface area contributed by atoms with Crippen molar-refractivity contribution in [3.05, 3.63) is 22.8 Å². The van der Waals surface area contributed by atoms with Gasteiger partial charge in [0, 0.05) is 6.20 Å². The van der Waals surface area contributed by atoms with Crippen LogP contribution in [0.15, 0.2) is 22.4 Å². The van der Waals surface area contributed by atoms with Gasteiger partial charge in [-0.3, -0.25) is 4.79 Å². The average molecular weight is 352 g/mol. The Bertz CT molecular complexity index is 629. The molecule has 0 fully saturated rings. The Labute approximate surface area is 132 Å². The van der Waals surface area contributed by atoms with Crippen molar-refractivity contribution in [2.24, 2.45) is 10.8 Å². The highest BCUT2D eigenvalue weighted by molar-refractivity contribution is 8.00. The number of amides is 1. The van der Waals surface area contributed by atoms with Crippen molar-refractivity contribution >= 4 is 35.1 Å². The Morgan fingerprint density at radius 1 is 1.59 bits per heavy atom. The summed E-state index contributed by atoms with van der Waals surface area (Å²) in [4.78, 5) is 14.6. The van der Waals surface area contributed by atoms with Crippen LogP contribution in [0.1, 0.15) is 12.0 Å². The van der Waals surface area contributed by atoms with Crippen molar-refractivity contribution in [3.8, 4) is 6.07 Å². The Kier molecular flexibility index (Phi) is 6.45. The molecular weight excluding hydrogens is 343 g/mol. The topological polar surface area (TPSA) is 104 Å². The molecule has 0 aliphatic carbocycles. The molecule has 1 aromatic heterocycles. The number of hydrazone groups is 1. The lowest BCUT2D eigenvalue weighted by Crippen LogP contribution is -2.24. The van der Waals surface area contributed by atoms with Crippen molar-refractivity contribution in [1.29, 1.82) is 5.26 Å². The minimum Gasteiger partial charge on any atom is -0.385 e. The van der Waals surface area contributed by atoms with Crippen LogP contribution in [0.25, 0.3) is 0 Å². The summed E-state index contributed by atoms with van der Waals surface area (Å²) in [7, 11) is 0. The quantitative estimate of drug-likeness (QED) is 0.366. The lowest BCUT2D eigenvalue weighted by atomic mass is 10.3. The van der Waals surface area contributed by atoms with E-state index in [0.29, 0.717) is 6.20 Å². The van der Waals surface area contributed by atoms with Gasteiger partial charge in [-0.25, -0.2) is 10.4 Å². The summed E-state index contributed by atoms with van der Waals surface area (Å²) >= 11 is 6.67. The molecule has 118 valence electrons. The molecule has 1 aromatic rings. The predicted molar refractivity (Wildman–Crippen MR) is 75.0 cm³/mol.